The van der Waals surface area contributed by atoms with Crippen LogP contribution in [0.4, 0.5) is 0 Å². The first-order valence-corrected chi connectivity index (χ1v) is 6.26. The lowest BCUT2D eigenvalue weighted by Crippen LogP contribution is -2.13. The molecule has 0 aliphatic carbocycles. The number of nitrogens with zero attached hydrogens (tertiary/aromatic N) is 3. The van der Waals surface area contributed by atoms with Crippen LogP contribution in [0.1, 0.15) is 12.0 Å². The van der Waals surface area contributed by atoms with Crippen molar-refractivity contribution in [3.63, 3.8) is 0 Å². The van der Waals surface area contributed by atoms with E-state index >= 15 is 0 Å². The highest BCUT2D eigenvalue weighted by atomic mass is 15.0. The molecule has 1 aromatic heterocycles. The monoisotopic (exact) mass is 241 g/mol. The molecule has 3 nitrogen and oxygen atoms in total. The van der Waals surface area contributed by atoms with Crippen molar-refractivity contribution in [1.29, 1.82) is 0 Å². The standard InChI is InChI=1S/C15H19N3/c1-18(2)11-3-4-13-5-7-14(8-6-13)15-12-16-9-10-17-15/h5-10,12H,3-4,11H2,1-2H3. The first-order chi connectivity index (χ1) is 8.75. The predicted octanol–water partition coefficient (Wildman–Crippen LogP) is 2.64. The van der Waals surface area contributed by atoms with E-state index in [9.17, 15) is 0 Å². The molecule has 94 valence electrons. The second kappa shape index (κ2) is 6.26. The first-order valence-electron chi connectivity index (χ1n) is 6.26. The number of hydrogen-bond donors (Lipinski definition) is 0. The molecule has 0 amide bonds. The largest absolute Gasteiger partial charge is 0.309 e. The van der Waals surface area contributed by atoms with Crippen molar-refractivity contribution in [1.82, 2.24) is 14.9 Å². The molecule has 0 saturated carbocycles. The van der Waals surface area contributed by atoms with Gasteiger partial charge in [-0.1, -0.05) is 24.3 Å². The Morgan fingerprint density at radius 2 is 1.83 bits per heavy atom. The van der Waals surface area contributed by atoms with Crippen LogP contribution in [0.25, 0.3) is 11.3 Å². The van der Waals surface area contributed by atoms with Crippen LogP contribution >= 0.6 is 0 Å². The first kappa shape index (κ1) is 12.7. The predicted molar refractivity (Wildman–Crippen MR) is 74.3 cm³/mol. The van der Waals surface area contributed by atoms with E-state index < -0.39 is 0 Å². The van der Waals surface area contributed by atoms with Crippen molar-refractivity contribution in [2.75, 3.05) is 20.6 Å². The Morgan fingerprint density at radius 3 is 2.44 bits per heavy atom. The summed E-state index contributed by atoms with van der Waals surface area (Å²) in [6.45, 7) is 1.13. The molecular formula is C15H19N3. The molecule has 0 spiro atoms. The number of rotatable bonds is 5. The fourth-order valence-corrected chi connectivity index (χ4v) is 1.89. The van der Waals surface area contributed by atoms with Crippen LogP contribution in [-0.2, 0) is 6.42 Å². The molecule has 0 N–H and O–H groups in total. The third-order valence-electron chi connectivity index (χ3n) is 2.88. The summed E-state index contributed by atoms with van der Waals surface area (Å²) in [5, 5.41) is 0. The van der Waals surface area contributed by atoms with Gasteiger partial charge in [0.1, 0.15) is 0 Å². The summed E-state index contributed by atoms with van der Waals surface area (Å²) >= 11 is 0. The third-order valence-corrected chi connectivity index (χ3v) is 2.88. The summed E-state index contributed by atoms with van der Waals surface area (Å²) in [6.07, 6.45) is 7.52. The van der Waals surface area contributed by atoms with Gasteiger partial charge in [0, 0.05) is 18.0 Å². The summed E-state index contributed by atoms with van der Waals surface area (Å²) < 4.78 is 0. The van der Waals surface area contributed by atoms with Gasteiger partial charge in [0.2, 0.25) is 0 Å². The van der Waals surface area contributed by atoms with E-state index in [2.05, 4.69) is 53.2 Å². The maximum Gasteiger partial charge on any atom is 0.0885 e. The Labute approximate surface area is 109 Å². The molecule has 18 heavy (non-hydrogen) atoms. The molecule has 3 heteroatoms. The Bertz CT molecular complexity index is 463. The van der Waals surface area contributed by atoms with Gasteiger partial charge in [-0.3, -0.25) is 9.97 Å². The lowest BCUT2D eigenvalue weighted by Gasteiger charge is -2.09. The molecule has 1 heterocycles. The molecule has 0 aliphatic rings. The van der Waals surface area contributed by atoms with Crippen molar-refractivity contribution in [2.45, 2.75) is 12.8 Å². The minimum absolute atomic E-state index is 0.928. The van der Waals surface area contributed by atoms with E-state index in [1.807, 2.05) is 0 Å². The van der Waals surface area contributed by atoms with Crippen molar-refractivity contribution in [3.8, 4) is 11.3 Å². The van der Waals surface area contributed by atoms with Gasteiger partial charge in [-0.25, -0.2) is 0 Å². The van der Waals surface area contributed by atoms with Gasteiger partial charge in [-0.2, -0.15) is 0 Å². The maximum absolute atomic E-state index is 4.29. The van der Waals surface area contributed by atoms with E-state index in [1.54, 1.807) is 18.6 Å². The molecule has 0 radical (unpaired) electrons. The van der Waals surface area contributed by atoms with Gasteiger partial charge in [0.05, 0.1) is 11.9 Å². The second-order valence-electron chi connectivity index (χ2n) is 4.69. The molecule has 0 unspecified atom stereocenters. The normalized spacial score (nSPS) is 10.8. The zero-order chi connectivity index (χ0) is 12.8. The maximum atomic E-state index is 4.29. The van der Waals surface area contributed by atoms with Crippen LogP contribution in [-0.4, -0.2) is 35.5 Å². The second-order valence-corrected chi connectivity index (χ2v) is 4.69. The average molecular weight is 241 g/mol. The summed E-state index contributed by atoms with van der Waals surface area (Å²) in [7, 11) is 4.22. The minimum Gasteiger partial charge on any atom is -0.309 e. The smallest absolute Gasteiger partial charge is 0.0885 e. The van der Waals surface area contributed by atoms with Crippen LogP contribution in [0.2, 0.25) is 0 Å². The fourth-order valence-electron chi connectivity index (χ4n) is 1.89. The SMILES string of the molecule is CN(C)CCCc1ccc(-c2cnccn2)cc1. The highest BCUT2D eigenvalue weighted by molar-refractivity contribution is 5.58. The summed E-state index contributed by atoms with van der Waals surface area (Å²) in [4.78, 5) is 10.6. The number of aryl methyl sites for hydroxylation is 1. The molecule has 0 bridgehead atoms. The van der Waals surface area contributed by atoms with Crippen LogP contribution in [0.5, 0.6) is 0 Å². The van der Waals surface area contributed by atoms with E-state index in [4.69, 9.17) is 0 Å². The van der Waals surface area contributed by atoms with Gasteiger partial charge >= 0.3 is 0 Å². The molecule has 0 fully saturated rings. The fraction of sp³-hybridized carbons (Fsp3) is 0.333. The zero-order valence-electron chi connectivity index (χ0n) is 11.0. The van der Waals surface area contributed by atoms with Gasteiger partial charge in [0.25, 0.3) is 0 Å². The Balaban J connectivity index is 1.98. The van der Waals surface area contributed by atoms with Crippen molar-refractivity contribution >= 4 is 0 Å². The third kappa shape index (κ3) is 3.64. The van der Waals surface area contributed by atoms with Gasteiger partial charge in [-0.15, -0.1) is 0 Å². The number of hydrogen-bond acceptors (Lipinski definition) is 3. The van der Waals surface area contributed by atoms with E-state index in [0.717, 1.165) is 24.2 Å². The topological polar surface area (TPSA) is 29.0 Å². The van der Waals surface area contributed by atoms with Gasteiger partial charge < -0.3 is 4.90 Å². The van der Waals surface area contributed by atoms with Crippen LogP contribution in [0.15, 0.2) is 42.9 Å². The quantitative estimate of drug-likeness (QED) is 0.806. The molecule has 2 aromatic rings. The number of benzene rings is 1. The van der Waals surface area contributed by atoms with Crippen molar-refractivity contribution in [2.24, 2.45) is 0 Å². The van der Waals surface area contributed by atoms with Crippen LogP contribution in [0.3, 0.4) is 0 Å². The molecule has 0 aliphatic heterocycles. The summed E-state index contributed by atoms with van der Waals surface area (Å²) in [5.41, 5.74) is 3.43. The Morgan fingerprint density at radius 1 is 1.06 bits per heavy atom. The molecule has 1 aromatic carbocycles. The Kier molecular flexibility index (Phi) is 4.42. The molecule has 0 atom stereocenters. The van der Waals surface area contributed by atoms with Crippen LogP contribution < -0.4 is 0 Å². The lowest BCUT2D eigenvalue weighted by atomic mass is 10.1. The Hall–Kier alpha value is -1.74. The van der Waals surface area contributed by atoms with Gasteiger partial charge in [-0.05, 0) is 39.0 Å². The van der Waals surface area contributed by atoms with Crippen molar-refractivity contribution < 1.29 is 0 Å². The molecular weight excluding hydrogens is 222 g/mol. The average Bonchev–Trinajstić information content (AvgIpc) is 2.40. The van der Waals surface area contributed by atoms with E-state index in [-0.39, 0.29) is 0 Å². The molecule has 2 rings (SSSR count). The van der Waals surface area contributed by atoms with Crippen LogP contribution in [0, 0.1) is 0 Å². The van der Waals surface area contributed by atoms with E-state index in [1.165, 1.54) is 12.0 Å². The minimum atomic E-state index is 0.928. The van der Waals surface area contributed by atoms with Crippen molar-refractivity contribution in [3.05, 3.63) is 48.4 Å². The zero-order valence-corrected chi connectivity index (χ0v) is 11.0. The molecule has 0 saturated heterocycles. The summed E-state index contributed by atoms with van der Waals surface area (Å²) in [5.74, 6) is 0. The lowest BCUT2D eigenvalue weighted by molar-refractivity contribution is 0.400. The summed E-state index contributed by atoms with van der Waals surface area (Å²) in [6, 6.07) is 8.60. The highest BCUT2D eigenvalue weighted by Crippen LogP contribution is 2.16. The highest BCUT2D eigenvalue weighted by Gasteiger charge is 1.99. The van der Waals surface area contributed by atoms with E-state index in [0.29, 0.717) is 0 Å². The number of aromatic nitrogens is 2. The van der Waals surface area contributed by atoms with Gasteiger partial charge in [0.15, 0.2) is 0 Å².